The van der Waals surface area contributed by atoms with E-state index in [1.54, 1.807) is 0 Å². The van der Waals surface area contributed by atoms with E-state index in [-0.39, 0.29) is 29.6 Å². The average molecular weight is 381 g/mol. The molecule has 0 aromatic heterocycles. The number of hydrogen-bond donors (Lipinski definition) is 2. The van der Waals surface area contributed by atoms with Crippen LogP contribution in [0.4, 0.5) is 0 Å². The summed E-state index contributed by atoms with van der Waals surface area (Å²) < 4.78 is 5.76. The fourth-order valence-electron chi connectivity index (χ4n) is 2.47. The molecule has 4 nitrogen and oxygen atoms in total. The molecule has 0 bridgehead atoms. The molecule has 2 aliphatic rings. The van der Waals surface area contributed by atoms with Crippen LogP contribution in [0.3, 0.4) is 0 Å². The minimum atomic E-state index is -0.00830. The maximum Gasteiger partial charge on any atom is 0.191 e. The van der Waals surface area contributed by atoms with Gasteiger partial charge >= 0.3 is 0 Å². The van der Waals surface area contributed by atoms with Crippen LogP contribution in [0, 0.1) is 5.92 Å². The predicted octanol–water partition coefficient (Wildman–Crippen LogP) is 2.53. The Balaban J connectivity index is 0.00000180. The molecule has 1 saturated heterocycles. The first-order valence-corrected chi connectivity index (χ1v) is 7.30. The van der Waals surface area contributed by atoms with Crippen LogP contribution < -0.4 is 10.6 Å². The van der Waals surface area contributed by atoms with Gasteiger partial charge in [0.05, 0.1) is 5.60 Å². The van der Waals surface area contributed by atoms with Gasteiger partial charge in [0, 0.05) is 26.7 Å². The molecule has 0 spiro atoms. The van der Waals surface area contributed by atoms with Gasteiger partial charge in [0.25, 0.3) is 0 Å². The number of guanidine groups is 1. The number of aliphatic imine (C=N–C) groups is 1. The Hall–Kier alpha value is -0.0400. The maximum atomic E-state index is 5.76. The number of nitrogens with zero attached hydrogens (tertiary/aromatic N) is 1. The summed E-state index contributed by atoms with van der Waals surface area (Å²) in [6, 6.07) is 0. The van der Waals surface area contributed by atoms with Gasteiger partial charge in [0.15, 0.2) is 5.96 Å². The van der Waals surface area contributed by atoms with E-state index < -0.39 is 0 Å². The molecule has 2 rings (SSSR count). The molecule has 1 heterocycles. The second-order valence-corrected chi connectivity index (χ2v) is 5.84. The summed E-state index contributed by atoms with van der Waals surface area (Å²) >= 11 is 0. The minimum Gasteiger partial charge on any atom is -0.373 e. The summed E-state index contributed by atoms with van der Waals surface area (Å²) in [5.41, 5.74) is -0.00830. The summed E-state index contributed by atoms with van der Waals surface area (Å²) in [6.07, 6.45) is 7.82. The molecule has 0 amide bonds. The Bertz CT molecular complexity index is 286. The minimum absolute atomic E-state index is 0. The van der Waals surface area contributed by atoms with Gasteiger partial charge in [0.2, 0.25) is 0 Å². The summed E-state index contributed by atoms with van der Waals surface area (Å²) in [5.74, 6) is 1.93. The first-order valence-electron chi connectivity index (χ1n) is 7.30. The van der Waals surface area contributed by atoms with Crippen molar-refractivity contribution in [2.75, 3.05) is 26.7 Å². The molecule has 2 fully saturated rings. The van der Waals surface area contributed by atoms with Crippen LogP contribution in [-0.4, -0.2) is 38.3 Å². The van der Waals surface area contributed by atoms with Gasteiger partial charge in [-0.25, -0.2) is 0 Å². The van der Waals surface area contributed by atoms with Crippen molar-refractivity contribution in [2.24, 2.45) is 10.9 Å². The third kappa shape index (κ3) is 6.29. The first-order chi connectivity index (χ1) is 8.72. The zero-order chi connectivity index (χ0) is 12.8. The molecule has 0 aromatic rings. The number of ether oxygens (including phenoxy) is 1. The standard InChI is InChI=1S/C14H27N3O.HI/c1-14(8-4-10-18-14)11-17-13(15-2)16-9-3-5-12-6-7-12;/h12H,3-11H2,1-2H3,(H2,15,16,17);1H. The molecule has 1 aliphatic carbocycles. The predicted molar refractivity (Wildman–Crippen MR) is 90.3 cm³/mol. The van der Waals surface area contributed by atoms with E-state index in [9.17, 15) is 0 Å². The number of hydrogen-bond acceptors (Lipinski definition) is 2. The topological polar surface area (TPSA) is 45.7 Å². The zero-order valence-corrected chi connectivity index (χ0v) is 14.5. The van der Waals surface area contributed by atoms with E-state index in [4.69, 9.17) is 4.74 Å². The maximum absolute atomic E-state index is 5.76. The van der Waals surface area contributed by atoms with Crippen LogP contribution >= 0.6 is 24.0 Å². The number of rotatable bonds is 6. The summed E-state index contributed by atoms with van der Waals surface area (Å²) in [5, 5.41) is 6.75. The SMILES string of the molecule is CN=C(NCCCC1CC1)NCC1(C)CCCO1.I. The van der Waals surface area contributed by atoms with Crippen molar-refractivity contribution in [3.63, 3.8) is 0 Å². The Kier molecular flexibility index (Phi) is 7.42. The average Bonchev–Trinajstić information content (AvgIpc) is 3.10. The lowest BCUT2D eigenvalue weighted by atomic mass is 10.0. The van der Waals surface area contributed by atoms with Gasteiger partial charge in [-0.1, -0.05) is 12.8 Å². The van der Waals surface area contributed by atoms with Crippen molar-refractivity contribution in [3.8, 4) is 0 Å². The van der Waals surface area contributed by atoms with E-state index in [1.807, 2.05) is 7.05 Å². The van der Waals surface area contributed by atoms with Crippen molar-refractivity contribution in [1.29, 1.82) is 0 Å². The van der Waals surface area contributed by atoms with Gasteiger partial charge in [0.1, 0.15) is 0 Å². The highest BCUT2D eigenvalue weighted by atomic mass is 127. The monoisotopic (exact) mass is 381 g/mol. The third-order valence-corrected chi connectivity index (χ3v) is 3.93. The molecule has 5 heteroatoms. The molecule has 1 unspecified atom stereocenters. The van der Waals surface area contributed by atoms with Gasteiger partial charge < -0.3 is 15.4 Å². The van der Waals surface area contributed by atoms with Crippen LogP contribution in [-0.2, 0) is 4.74 Å². The Morgan fingerprint density at radius 2 is 2.16 bits per heavy atom. The summed E-state index contributed by atoms with van der Waals surface area (Å²) in [6.45, 7) is 4.93. The molecule has 1 saturated carbocycles. The molecular weight excluding hydrogens is 353 g/mol. The van der Waals surface area contributed by atoms with E-state index in [0.717, 1.165) is 38.0 Å². The van der Waals surface area contributed by atoms with Crippen LogP contribution in [0.2, 0.25) is 0 Å². The van der Waals surface area contributed by atoms with Crippen LogP contribution in [0.1, 0.15) is 45.4 Å². The second-order valence-electron chi connectivity index (χ2n) is 5.84. The van der Waals surface area contributed by atoms with Gasteiger partial charge in [-0.15, -0.1) is 24.0 Å². The fraction of sp³-hybridized carbons (Fsp3) is 0.929. The molecule has 1 aliphatic heterocycles. The lowest BCUT2D eigenvalue weighted by Crippen LogP contribution is -2.45. The summed E-state index contributed by atoms with van der Waals surface area (Å²) in [4.78, 5) is 4.25. The second kappa shape index (κ2) is 8.29. The van der Waals surface area contributed by atoms with E-state index in [0.29, 0.717) is 0 Å². The lowest BCUT2D eigenvalue weighted by molar-refractivity contribution is 0.0243. The van der Waals surface area contributed by atoms with Crippen LogP contribution in [0.15, 0.2) is 4.99 Å². The highest BCUT2D eigenvalue weighted by Crippen LogP contribution is 2.33. The zero-order valence-electron chi connectivity index (χ0n) is 12.2. The summed E-state index contributed by atoms with van der Waals surface area (Å²) in [7, 11) is 1.83. The molecule has 112 valence electrons. The highest BCUT2D eigenvalue weighted by molar-refractivity contribution is 14.0. The lowest BCUT2D eigenvalue weighted by Gasteiger charge is -2.24. The normalized spacial score (nSPS) is 26.9. The van der Waals surface area contributed by atoms with Crippen molar-refractivity contribution in [2.45, 2.75) is 51.0 Å². The third-order valence-electron chi connectivity index (χ3n) is 3.93. The van der Waals surface area contributed by atoms with Crippen LogP contribution in [0.5, 0.6) is 0 Å². The largest absolute Gasteiger partial charge is 0.373 e. The highest BCUT2D eigenvalue weighted by Gasteiger charge is 2.29. The van der Waals surface area contributed by atoms with Crippen molar-refractivity contribution < 1.29 is 4.74 Å². The number of halogens is 1. The quantitative estimate of drug-likeness (QED) is 0.322. The van der Waals surface area contributed by atoms with Gasteiger partial charge in [-0.3, -0.25) is 4.99 Å². The molecule has 1 atom stereocenters. The van der Waals surface area contributed by atoms with E-state index in [1.165, 1.54) is 32.1 Å². The fourth-order valence-corrected chi connectivity index (χ4v) is 2.47. The molecule has 0 aromatic carbocycles. The molecule has 19 heavy (non-hydrogen) atoms. The van der Waals surface area contributed by atoms with Crippen LogP contribution in [0.25, 0.3) is 0 Å². The van der Waals surface area contributed by atoms with Crippen molar-refractivity contribution in [1.82, 2.24) is 10.6 Å². The molecule has 2 N–H and O–H groups in total. The van der Waals surface area contributed by atoms with Crippen molar-refractivity contribution >= 4 is 29.9 Å². The Morgan fingerprint density at radius 3 is 2.74 bits per heavy atom. The molecular formula is C14H28IN3O. The van der Waals surface area contributed by atoms with Gasteiger partial charge in [-0.2, -0.15) is 0 Å². The Morgan fingerprint density at radius 1 is 1.37 bits per heavy atom. The van der Waals surface area contributed by atoms with Crippen molar-refractivity contribution in [3.05, 3.63) is 0 Å². The van der Waals surface area contributed by atoms with E-state index >= 15 is 0 Å². The molecule has 0 radical (unpaired) electrons. The van der Waals surface area contributed by atoms with E-state index in [2.05, 4.69) is 22.5 Å². The van der Waals surface area contributed by atoms with Gasteiger partial charge in [-0.05, 0) is 38.5 Å². The Labute approximate surface area is 134 Å². The number of nitrogens with one attached hydrogen (secondary N) is 2. The smallest absolute Gasteiger partial charge is 0.191 e. The first kappa shape index (κ1) is 17.0.